The monoisotopic (exact) mass is 304 g/mol. The minimum atomic E-state index is -3.84. The van der Waals surface area contributed by atoms with Crippen LogP contribution in [0.25, 0.3) is 0 Å². The molecule has 0 radical (unpaired) electrons. The van der Waals surface area contributed by atoms with Crippen molar-refractivity contribution < 1.29 is 17.7 Å². The summed E-state index contributed by atoms with van der Waals surface area (Å²) in [6, 6.07) is 2.59. The van der Waals surface area contributed by atoms with Crippen LogP contribution in [0.1, 0.15) is 20.3 Å². The predicted octanol–water partition coefficient (Wildman–Crippen LogP) is 2.40. The fourth-order valence-corrected chi connectivity index (χ4v) is 2.95. The molecular formula is C12H17FN2O4S. The van der Waals surface area contributed by atoms with E-state index in [-0.39, 0.29) is 10.8 Å². The summed E-state index contributed by atoms with van der Waals surface area (Å²) in [5.74, 6) is -0.995. The molecular weight excluding hydrogens is 287 g/mol. The topological polar surface area (TPSA) is 80.5 Å². The third-order valence-corrected chi connectivity index (χ3v) is 4.91. The Morgan fingerprint density at radius 2 is 2.05 bits per heavy atom. The van der Waals surface area contributed by atoms with E-state index in [1.165, 1.54) is 7.05 Å². The van der Waals surface area contributed by atoms with E-state index in [2.05, 4.69) is 0 Å². The Labute approximate surface area is 117 Å². The number of rotatable bonds is 6. The van der Waals surface area contributed by atoms with E-state index in [4.69, 9.17) is 0 Å². The minimum absolute atomic E-state index is 0.165. The first kappa shape index (κ1) is 16.5. The van der Waals surface area contributed by atoms with Crippen molar-refractivity contribution in [3.63, 3.8) is 0 Å². The van der Waals surface area contributed by atoms with E-state index < -0.39 is 26.5 Å². The van der Waals surface area contributed by atoms with Gasteiger partial charge in [0.1, 0.15) is 0 Å². The number of nitrogens with zero attached hydrogens (tertiary/aromatic N) is 2. The van der Waals surface area contributed by atoms with Gasteiger partial charge in [-0.3, -0.25) is 10.1 Å². The van der Waals surface area contributed by atoms with Gasteiger partial charge in [-0.2, -0.15) is 4.39 Å². The Morgan fingerprint density at radius 1 is 1.45 bits per heavy atom. The van der Waals surface area contributed by atoms with Gasteiger partial charge in [0.05, 0.1) is 9.82 Å². The zero-order valence-electron chi connectivity index (χ0n) is 11.5. The molecule has 0 N–H and O–H groups in total. The molecule has 0 saturated heterocycles. The molecule has 1 rings (SSSR count). The summed E-state index contributed by atoms with van der Waals surface area (Å²) >= 11 is 0. The van der Waals surface area contributed by atoms with Gasteiger partial charge in [-0.1, -0.05) is 20.3 Å². The molecule has 8 heteroatoms. The number of hydrogen-bond acceptors (Lipinski definition) is 4. The van der Waals surface area contributed by atoms with Crippen LogP contribution in [0.3, 0.4) is 0 Å². The number of nitro benzene ring substituents is 1. The summed E-state index contributed by atoms with van der Waals surface area (Å²) < 4.78 is 39.0. The van der Waals surface area contributed by atoms with Crippen molar-refractivity contribution in [3.05, 3.63) is 34.1 Å². The molecule has 0 heterocycles. The average molecular weight is 304 g/mol. The molecule has 0 aromatic heterocycles. The highest BCUT2D eigenvalue weighted by molar-refractivity contribution is 7.89. The van der Waals surface area contributed by atoms with Crippen LogP contribution in [0, 0.1) is 21.8 Å². The molecule has 1 aromatic rings. The minimum Gasteiger partial charge on any atom is -0.258 e. The van der Waals surface area contributed by atoms with Crippen LogP contribution < -0.4 is 0 Å². The predicted molar refractivity (Wildman–Crippen MR) is 72.3 cm³/mol. The SMILES string of the molecule is CCC(C)CN(C)S(=O)(=O)c1ccc([N+](=O)[O-])c(F)c1. The summed E-state index contributed by atoms with van der Waals surface area (Å²) in [5, 5.41) is 10.5. The number of halogens is 1. The summed E-state index contributed by atoms with van der Waals surface area (Å²) in [7, 11) is -2.43. The van der Waals surface area contributed by atoms with E-state index in [9.17, 15) is 22.9 Å². The molecule has 0 spiro atoms. The lowest BCUT2D eigenvalue weighted by Crippen LogP contribution is -2.31. The van der Waals surface area contributed by atoms with Crippen molar-refractivity contribution in [1.82, 2.24) is 4.31 Å². The van der Waals surface area contributed by atoms with Crippen LogP contribution >= 0.6 is 0 Å². The van der Waals surface area contributed by atoms with Crippen molar-refractivity contribution in [1.29, 1.82) is 0 Å². The molecule has 1 unspecified atom stereocenters. The number of benzene rings is 1. The van der Waals surface area contributed by atoms with Crippen LogP contribution in [0.15, 0.2) is 23.1 Å². The molecule has 0 amide bonds. The van der Waals surface area contributed by atoms with Gasteiger partial charge in [-0.05, 0) is 12.0 Å². The zero-order valence-corrected chi connectivity index (χ0v) is 12.4. The molecule has 1 aromatic carbocycles. The molecule has 0 bridgehead atoms. The van der Waals surface area contributed by atoms with E-state index in [1.54, 1.807) is 0 Å². The van der Waals surface area contributed by atoms with E-state index in [1.807, 2.05) is 13.8 Å². The standard InChI is InChI=1S/C12H17FN2O4S/c1-4-9(2)8-14(3)20(18,19)10-5-6-12(15(16)17)11(13)7-10/h5-7,9H,4,8H2,1-3H3. The second-order valence-corrected chi connectivity index (χ2v) is 6.71. The molecule has 0 saturated carbocycles. The Morgan fingerprint density at radius 3 is 2.50 bits per heavy atom. The maximum absolute atomic E-state index is 13.5. The Balaban J connectivity index is 3.10. The summed E-state index contributed by atoms with van der Waals surface area (Å²) in [4.78, 5) is 9.33. The van der Waals surface area contributed by atoms with Crippen LogP contribution in [0.4, 0.5) is 10.1 Å². The number of nitro groups is 1. The fraction of sp³-hybridized carbons (Fsp3) is 0.500. The van der Waals surface area contributed by atoms with Crippen LogP contribution in [0.2, 0.25) is 0 Å². The van der Waals surface area contributed by atoms with Gasteiger partial charge in [-0.25, -0.2) is 12.7 Å². The molecule has 1 atom stereocenters. The van der Waals surface area contributed by atoms with Gasteiger partial charge >= 0.3 is 5.69 Å². The lowest BCUT2D eigenvalue weighted by molar-refractivity contribution is -0.387. The third-order valence-electron chi connectivity index (χ3n) is 3.09. The third kappa shape index (κ3) is 3.51. The van der Waals surface area contributed by atoms with Crippen LogP contribution in [0.5, 0.6) is 0 Å². The van der Waals surface area contributed by atoms with Gasteiger partial charge in [0, 0.05) is 25.7 Å². The lowest BCUT2D eigenvalue weighted by atomic mass is 10.1. The highest BCUT2D eigenvalue weighted by Crippen LogP contribution is 2.23. The van der Waals surface area contributed by atoms with Gasteiger partial charge in [0.15, 0.2) is 0 Å². The van der Waals surface area contributed by atoms with Crippen molar-refractivity contribution in [3.8, 4) is 0 Å². The summed E-state index contributed by atoms with van der Waals surface area (Å²) in [5.41, 5.74) is -0.742. The summed E-state index contributed by atoms with van der Waals surface area (Å²) in [6.07, 6.45) is 0.814. The molecule has 6 nitrogen and oxygen atoms in total. The molecule has 20 heavy (non-hydrogen) atoms. The van der Waals surface area contributed by atoms with Gasteiger partial charge < -0.3 is 0 Å². The molecule has 0 fully saturated rings. The largest absolute Gasteiger partial charge is 0.304 e. The Bertz CT molecular complexity index is 603. The quantitative estimate of drug-likeness (QED) is 0.597. The highest BCUT2D eigenvalue weighted by Gasteiger charge is 2.25. The Hall–Kier alpha value is -1.54. The van der Waals surface area contributed by atoms with Crippen LogP contribution in [-0.4, -0.2) is 31.2 Å². The fourth-order valence-electron chi connectivity index (χ4n) is 1.64. The summed E-state index contributed by atoms with van der Waals surface area (Å²) in [6.45, 7) is 4.15. The Kier molecular flexibility index (Phi) is 5.18. The first-order chi connectivity index (χ1) is 9.20. The molecule has 0 aliphatic carbocycles. The second kappa shape index (κ2) is 6.27. The molecule has 112 valence electrons. The molecule has 0 aliphatic rings. The maximum Gasteiger partial charge on any atom is 0.304 e. The van der Waals surface area contributed by atoms with Crippen molar-refractivity contribution in [2.75, 3.05) is 13.6 Å². The highest BCUT2D eigenvalue weighted by atomic mass is 32.2. The number of hydrogen-bond donors (Lipinski definition) is 0. The van der Waals surface area contributed by atoms with E-state index in [0.717, 1.165) is 22.9 Å². The van der Waals surface area contributed by atoms with E-state index >= 15 is 0 Å². The van der Waals surface area contributed by atoms with Gasteiger partial charge in [-0.15, -0.1) is 0 Å². The first-order valence-electron chi connectivity index (χ1n) is 6.10. The van der Waals surface area contributed by atoms with Gasteiger partial charge in [0.2, 0.25) is 15.8 Å². The lowest BCUT2D eigenvalue weighted by Gasteiger charge is -2.20. The maximum atomic E-state index is 13.5. The van der Waals surface area contributed by atoms with Crippen molar-refractivity contribution >= 4 is 15.7 Å². The second-order valence-electron chi connectivity index (χ2n) is 4.67. The first-order valence-corrected chi connectivity index (χ1v) is 7.54. The normalized spacial score (nSPS) is 13.4. The zero-order chi connectivity index (χ0) is 15.5. The number of sulfonamides is 1. The van der Waals surface area contributed by atoms with Gasteiger partial charge in [0.25, 0.3) is 0 Å². The smallest absolute Gasteiger partial charge is 0.258 e. The van der Waals surface area contributed by atoms with Crippen LogP contribution in [-0.2, 0) is 10.0 Å². The molecule has 0 aliphatic heterocycles. The van der Waals surface area contributed by atoms with E-state index in [0.29, 0.717) is 12.6 Å². The van der Waals surface area contributed by atoms with Crippen molar-refractivity contribution in [2.45, 2.75) is 25.2 Å². The van der Waals surface area contributed by atoms with Crippen molar-refractivity contribution in [2.24, 2.45) is 5.92 Å². The average Bonchev–Trinajstić information content (AvgIpc) is 2.37.